The highest BCUT2D eigenvalue weighted by atomic mass is 16.5. The van der Waals surface area contributed by atoms with Crippen molar-refractivity contribution in [1.29, 1.82) is 0 Å². The van der Waals surface area contributed by atoms with Crippen molar-refractivity contribution in [1.82, 2.24) is 9.80 Å². The zero-order chi connectivity index (χ0) is 19.4. The fourth-order valence-corrected chi connectivity index (χ4v) is 3.91. The number of benzene rings is 1. The molecular formula is C21H31N3O3. The van der Waals surface area contributed by atoms with E-state index in [-0.39, 0.29) is 18.4 Å². The second kappa shape index (κ2) is 8.74. The molecule has 0 radical (unpaired) electrons. The minimum Gasteiger partial charge on any atom is -0.479 e. The molecule has 6 nitrogen and oxygen atoms in total. The van der Waals surface area contributed by atoms with Gasteiger partial charge in [-0.1, -0.05) is 31.4 Å². The zero-order valence-electron chi connectivity index (χ0n) is 16.7. The minimum atomic E-state index is -0.574. The van der Waals surface area contributed by atoms with E-state index in [1.165, 1.54) is 32.1 Å². The van der Waals surface area contributed by atoms with Crippen LogP contribution in [0, 0.1) is 0 Å². The molecule has 2 amide bonds. The first kappa shape index (κ1) is 19.7. The van der Waals surface area contributed by atoms with Gasteiger partial charge in [0, 0.05) is 26.2 Å². The quantitative estimate of drug-likeness (QED) is 0.769. The van der Waals surface area contributed by atoms with E-state index in [1.54, 1.807) is 16.7 Å². The summed E-state index contributed by atoms with van der Waals surface area (Å²) in [6.07, 6.45) is 5.89. The van der Waals surface area contributed by atoms with E-state index >= 15 is 0 Å². The second-order valence-corrected chi connectivity index (χ2v) is 7.74. The molecule has 1 unspecified atom stereocenters. The lowest BCUT2D eigenvalue weighted by atomic mass is 9.94. The molecule has 1 aromatic rings. The molecular weight excluding hydrogens is 342 g/mol. The van der Waals surface area contributed by atoms with E-state index < -0.39 is 6.10 Å². The van der Waals surface area contributed by atoms with Gasteiger partial charge in [-0.05, 0) is 38.9 Å². The van der Waals surface area contributed by atoms with Crippen molar-refractivity contribution in [2.45, 2.75) is 51.2 Å². The fraction of sp³-hybridized carbons (Fsp3) is 0.619. The van der Waals surface area contributed by atoms with Crippen LogP contribution in [0.5, 0.6) is 5.75 Å². The Hall–Kier alpha value is -2.08. The Bertz CT molecular complexity index is 672. The maximum atomic E-state index is 12.7. The first-order valence-corrected chi connectivity index (χ1v) is 9.98. The molecule has 0 spiro atoms. The largest absolute Gasteiger partial charge is 0.479 e. The van der Waals surface area contributed by atoms with Gasteiger partial charge in [-0.15, -0.1) is 0 Å². The molecule has 27 heavy (non-hydrogen) atoms. The van der Waals surface area contributed by atoms with Gasteiger partial charge in [0.25, 0.3) is 5.91 Å². The van der Waals surface area contributed by atoms with Gasteiger partial charge in [-0.2, -0.15) is 0 Å². The molecule has 1 heterocycles. The summed E-state index contributed by atoms with van der Waals surface area (Å²) in [4.78, 5) is 30.9. The van der Waals surface area contributed by atoms with Gasteiger partial charge >= 0.3 is 0 Å². The number of hydrogen-bond acceptors (Lipinski definition) is 4. The van der Waals surface area contributed by atoms with Crippen LogP contribution in [0.2, 0.25) is 0 Å². The average molecular weight is 373 g/mol. The number of ether oxygens (including phenoxy) is 1. The van der Waals surface area contributed by atoms with Gasteiger partial charge in [-0.25, -0.2) is 0 Å². The molecule has 148 valence electrons. The number of carbonyl (C=O) groups is 2. The van der Waals surface area contributed by atoms with Crippen LogP contribution in [0.15, 0.2) is 24.3 Å². The Morgan fingerprint density at radius 2 is 1.85 bits per heavy atom. The number of amides is 2. The summed E-state index contributed by atoms with van der Waals surface area (Å²) in [5.41, 5.74) is 0.668. The van der Waals surface area contributed by atoms with Crippen molar-refractivity contribution in [3.8, 4) is 5.75 Å². The van der Waals surface area contributed by atoms with Crippen molar-refractivity contribution in [2.24, 2.45) is 0 Å². The fourth-order valence-electron chi connectivity index (χ4n) is 3.91. The summed E-state index contributed by atoms with van der Waals surface area (Å²) >= 11 is 0. The maximum absolute atomic E-state index is 12.7. The van der Waals surface area contributed by atoms with E-state index in [1.807, 2.05) is 31.3 Å². The van der Waals surface area contributed by atoms with Crippen molar-refractivity contribution < 1.29 is 14.3 Å². The van der Waals surface area contributed by atoms with Crippen LogP contribution in [-0.2, 0) is 9.59 Å². The number of fused-ring (bicyclic) bond motifs is 1. The van der Waals surface area contributed by atoms with Gasteiger partial charge in [0.1, 0.15) is 12.3 Å². The molecule has 1 aliphatic heterocycles. The summed E-state index contributed by atoms with van der Waals surface area (Å²) in [6.45, 7) is 3.30. The summed E-state index contributed by atoms with van der Waals surface area (Å²) < 4.78 is 5.64. The van der Waals surface area contributed by atoms with Gasteiger partial charge in [0.05, 0.1) is 5.69 Å². The summed E-state index contributed by atoms with van der Waals surface area (Å²) in [5.74, 6) is 0.427. The van der Waals surface area contributed by atoms with E-state index in [0.29, 0.717) is 24.0 Å². The molecule has 0 saturated heterocycles. The molecule has 1 aromatic carbocycles. The topological polar surface area (TPSA) is 53.1 Å². The summed E-state index contributed by atoms with van der Waals surface area (Å²) in [7, 11) is 3.97. The van der Waals surface area contributed by atoms with Crippen LogP contribution in [0.4, 0.5) is 5.69 Å². The van der Waals surface area contributed by atoms with E-state index in [4.69, 9.17) is 4.74 Å². The Kier molecular flexibility index (Phi) is 6.37. The molecule has 3 rings (SSSR count). The van der Waals surface area contributed by atoms with Gasteiger partial charge in [0.2, 0.25) is 5.91 Å². The van der Waals surface area contributed by atoms with E-state index in [9.17, 15) is 9.59 Å². The molecule has 1 fully saturated rings. The van der Waals surface area contributed by atoms with Crippen LogP contribution in [-0.4, -0.2) is 67.5 Å². The van der Waals surface area contributed by atoms with Crippen LogP contribution in [0.3, 0.4) is 0 Å². The highest BCUT2D eigenvalue weighted by Crippen LogP contribution is 2.33. The van der Waals surface area contributed by atoms with Crippen molar-refractivity contribution >= 4 is 17.5 Å². The number of rotatable bonds is 6. The lowest BCUT2D eigenvalue weighted by molar-refractivity contribution is -0.132. The lowest BCUT2D eigenvalue weighted by Crippen LogP contribution is -2.50. The predicted molar refractivity (Wildman–Crippen MR) is 106 cm³/mol. The van der Waals surface area contributed by atoms with Gasteiger partial charge in [-0.3, -0.25) is 14.5 Å². The van der Waals surface area contributed by atoms with E-state index in [0.717, 1.165) is 6.54 Å². The Morgan fingerprint density at radius 1 is 1.15 bits per heavy atom. The highest BCUT2D eigenvalue weighted by molar-refractivity contribution is 6.03. The highest BCUT2D eigenvalue weighted by Gasteiger charge is 2.33. The Balaban J connectivity index is 1.57. The van der Waals surface area contributed by atoms with E-state index in [2.05, 4.69) is 11.9 Å². The SMILES string of the molecule is CC1Oc2ccccc2N(CC(=O)N(C)CCN(C)C2CCCCC2)C1=O. The van der Waals surface area contributed by atoms with Gasteiger partial charge in [0.15, 0.2) is 6.10 Å². The third kappa shape index (κ3) is 4.61. The van der Waals surface area contributed by atoms with Gasteiger partial charge < -0.3 is 14.5 Å². The third-order valence-corrected chi connectivity index (χ3v) is 5.78. The molecule has 0 N–H and O–H groups in total. The van der Waals surface area contributed by atoms with Crippen molar-refractivity contribution in [2.75, 3.05) is 38.6 Å². The molecule has 1 aliphatic carbocycles. The smallest absolute Gasteiger partial charge is 0.268 e. The Morgan fingerprint density at radius 3 is 2.59 bits per heavy atom. The molecule has 2 aliphatic rings. The zero-order valence-corrected chi connectivity index (χ0v) is 16.7. The minimum absolute atomic E-state index is 0.0488. The number of para-hydroxylation sites is 2. The number of carbonyl (C=O) groups excluding carboxylic acids is 2. The molecule has 1 atom stereocenters. The van der Waals surface area contributed by atoms with Crippen molar-refractivity contribution in [3.05, 3.63) is 24.3 Å². The second-order valence-electron chi connectivity index (χ2n) is 7.74. The normalized spacial score (nSPS) is 20.4. The number of nitrogens with zero attached hydrogens (tertiary/aromatic N) is 3. The monoisotopic (exact) mass is 373 g/mol. The number of likely N-dealkylation sites (N-methyl/N-ethyl adjacent to an activating group) is 2. The molecule has 6 heteroatoms. The average Bonchev–Trinajstić information content (AvgIpc) is 2.69. The van der Waals surface area contributed by atoms with Crippen LogP contribution < -0.4 is 9.64 Å². The molecule has 1 saturated carbocycles. The Labute approximate surface area is 162 Å². The number of hydrogen-bond donors (Lipinski definition) is 0. The summed E-state index contributed by atoms with van der Waals surface area (Å²) in [6, 6.07) is 8.01. The molecule has 0 bridgehead atoms. The maximum Gasteiger partial charge on any atom is 0.268 e. The standard InChI is InChI=1S/C21H31N3O3/c1-16-21(26)24(18-11-7-8-12-19(18)27-16)15-20(25)23(3)14-13-22(2)17-9-5-4-6-10-17/h7-8,11-12,16-17H,4-6,9-10,13-15H2,1-3H3. The summed E-state index contributed by atoms with van der Waals surface area (Å²) in [5, 5.41) is 0. The molecule has 0 aromatic heterocycles. The van der Waals surface area contributed by atoms with Crippen LogP contribution in [0.25, 0.3) is 0 Å². The lowest BCUT2D eigenvalue weighted by Gasteiger charge is -2.34. The first-order chi connectivity index (χ1) is 13.0. The predicted octanol–water partition coefficient (Wildman–Crippen LogP) is 2.52. The number of anilines is 1. The van der Waals surface area contributed by atoms with Crippen LogP contribution in [0.1, 0.15) is 39.0 Å². The van der Waals surface area contributed by atoms with Crippen LogP contribution >= 0.6 is 0 Å². The first-order valence-electron chi connectivity index (χ1n) is 9.98. The third-order valence-electron chi connectivity index (χ3n) is 5.78. The van der Waals surface area contributed by atoms with Crippen molar-refractivity contribution in [3.63, 3.8) is 0 Å².